The standard InChI is InChI=1S/C32H60O21/c1-32(14-45-5-2-8-48-29-26(42)23(39)20(36)17(11-33)51-29,15-46-6-3-9-49-30-27(43)24(40)21(37)18(12-34)52-30)16-47-7-4-10-50-31-28(44)25(41)22(38)19(13-35)53-31/h17-31,33-44H,2-16H2,1H3/t17-,18-,19+,20-,21-,22+,23+,24+,25-,26+,27+,28-,29+,30+,31-/m0/s1. The van der Waals surface area contributed by atoms with Crippen LogP contribution in [0, 0.1) is 5.41 Å². The molecule has 0 aromatic heterocycles. The van der Waals surface area contributed by atoms with Gasteiger partial charge in [0.05, 0.1) is 59.5 Å². The second-order valence-electron chi connectivity index (χ2n) is 13.7. The fourth-order valence-corrected chi connectivity index (χ4v) is 5.78. The average Bonchev–Trinajstić information content (AvgIpc) is 3.15. The maximum absolute atomic E-state index is 10.1. The summed E-state index contributed by atoms with van der Waals surface area (Å²) in [6.45, 7) is 1.51. The van der Waals surface area contributed by atoms with Crippen molar-refractivity contribution in [2.24, 2.45) is 5.41 Å². The van der Waals surface area contributed by atoms with E-state index < -0.39 is 117 Å². The molecule has 0 spiro atoms. The quantitative estimate of drug-likeness (QED) is 0.0405. The van der Waals surface area contributed by atoms with Crippen molar-refractivity contribution in [1.29, 1.82) is 0 Å². The summed E-state index contributed by atoms with van der Waals surface area (Å²) in [6.07, 6.45) is -19.7. The van der Waals surface area contributed by atoms with E-state index in [1.807, 2.05) is 6.92 Å². The highest BCUT2D eigenvalue weighted by Gasteiger charge is 2.46. The Bertz CT molecular complexity index is 861. The van der Waals surface area contributed by atoms with Gasteiger partial charge in [0, 0.05) is 25.2 Å². The van der Waals surface area contributed by atoms with Crippen LogP contribution < -0.4 is 0 Å². The fourth-order valence-electron chi connectivity index (χ4n) is 5.78. The number of hydrogen-bond donors (Lipinski definition) is 12. The number of hydrogen-bond acceptors (Lipinski definition) is 21. The van der Waals surface area contributed by atoms with Crippen LogP contribution in [0.5, 0.6) is 0 Å². The first kappa shape index (κ1) is 46.5. The van der Waals surface area contributed by atoms with Crippen molar-refractivity contribution in [3.63, 3.8) is 0 Å². The van der Waals surface area contributed by atoms with E-state index in [4.69, 9.17) is 42.6 Å². The monoisotopic (exact) mass is 780 g/mol. The lowest BCUT2D eigenvalue weighted by atomic mass is 9.94. The zero-order valence-electron chi connectivity index (χ0n) is 29.8. The molecular formula is C32H60O21. The molecule has 15 atom stereocenters. The molecule has 314 valence electrons. The van der Waals surface area contributed by atoms with Crippen LogP contribution >= 0.6 is 0 Å². The van der Waals surface area contributed by atoms with Gasteiger partial charge in [-0.25, -0.2) is 0 Å². The van der Waals surface area contributed by atoms with Crippen LogP contribution in [0.4, 0.5) is 0 Å². The predicted octanol–water partition coefficient (Wildman–Crippen LogP) is -6.34. The van der Waals surface area contributed by atoms with Crippen LogP contribution in [0.1, 0.15) is 26.2 Å². The Kier molecular flexibility index (Phi) is 20.6. The van der Waals surface area contributed by atoms with Crippen LogP contribution in [0.25, 0.3) is 0 Å². The lowest BCUT2D eigenvalue weighted by Crippen LogP contribution is -2.59. The van der Waals surface area contributed by atoms with Gasteiger partial charge < -0.3 is 104 Å². The molecule has 3 aliphatic heterocycles. The number of aliphatic hydroxyl groups is 12. The Balaban J connectivity index is 1.41. The Hall–Kier alpha value is -0.840. The van der Waals surface area contributed by atoms with Crippen LogP contribution in [0.15, 0.2) is 0 Å². The number of ether oxygens (including phenoxy) is 9. The van der Waals surface area contributed by atoms with Gasteiger partial charge >= 0.3 is 0 Å². The van der Waals surface area contributed by atoms with Crippen molar-refractivity contribution in [2.45, 2.75) is 118 Å². The highest BCUT2D eigenvalue weighted by atomic mass is 16.7. The minimum atomic E-state index is -1.55. The van der Waals surface area contributed by atoms with E-state index in [1.54, 1.807) is 0 Å². The van der Waals surface area contributed by atoms with Gasteiger partial charge in [-0.1, -0.05) is 6.92 Å². The smallest absolute Gasteiger partial charge is 0.186 e. The van der Waals surface area contributed by atoms with Crippen molar-refractivity contribution >= 4 is 0 Å². The minimum absolute atomic E-state index is 0.0648. The Labute approximate surface area is 307 Å². The molecule has 3 saturated heterocycles. The van der Waals surface area contributed by atoms with E-state index >= 15 is 0 Å². The summed E-state index contributed by atoms with van der Waals surface area (Å²) < 4.78 is 50.1. The molecule has 53 heavy (non-hydrogen) atoms. The van der Waals surface area contributed by atoms with E-state index in [-0.39, 0.29) is 59.5 Å². The van der Waals surface area contributed by atoms with Gasteiger partial charge in [0.2, 0.25) is 0 Å². The maximum atomic E-state index is 10.1. The first-order chi connectivity index (χ1) is 25.3. The molecule has 3 fully saturated rings. The second kappa shape index (κ2) is 23.4. The highest BCUT2D eigenvalue weighted by molar-refractivity contribution is 4.90. The van der Waals surface area contributed by atoms with Crippen LogP contribution in [0.2, 0.25) is 0 Å². The van der Waals surface area contributed by atoms with Gasteiger partial charge in [0.15, 0.2) is 18.9 Å². The summed E-state index contributed by atoms with van der Waals surface area (Å²) in [6, 6.07) is 0. The van der Waals surface area contributed by atoms with Gasteiger partial charge in [0.1, 0.15) is 73.2 Å². The van der Waals surface area contributed by atoms with Crippen LogP contribution in [-0.4, -0.2) is 233 Å². The molecule has 12 N–H and O–H groups in total. The van der Waals surface area contributed by atoms with Crippen molar-refractivity contribution in [3.8, 4) is 0 Å². The third-order valence-corrected chi connectivity index (χ3v) is 9.04. The molecular weight excluding hydrogens is 720 g/mol. The Morgan fingerprint density at radius 2 is 0.660 bits per heavy atom. The predicted molar refractivity (Wildman–Crippen MR) is 174 cm³/mol. The second-order valence-corrected chi connectivity index (χ2v) is 13.7. The summed E-state index contributed by atoms with van der Waals surface area (Å²) >= 11 is 0. The first-order valence-corrected chi connectivity index (χ1v) is 17.8. The third kappa shape index (κ3) is 13.7. The van der Waals surface area contributed by atoms with E-state index in [2.05, 4.69) is 0 Å². The zero-order chi connectivity index (χ0) is 39.1. The average molecular weight is 781 g/mol. The molecule has 3 rings (SSSR count). The molecule has 21 heteroatoms. The normalized spacial score (nSPS) is 38.3. The van der Waals surface area contributed by atoms with Gasteiger partial charge in [-0.2, -0.15) is 0 Å². The molecule has 0 amide bonds. The van der Waals surface area contributed by atoms with Gasteiger partial charge in [0.25, 0.3) is 0 Å². The van der Waals surface area contributed by atoms with Crippen molar-refractivity contribution in [3.05, 3.63) is 0 Å². The van der Waals surface area contributed by atoms with E-state index in [1.165, 1.54) is 0 Å². The van der Waals surface area contributed by atoms with E-state index in [0.29, 0.717) is 19.3 Å². The molecule has 0 aromatic rings. The third-order valence-electron chi connectivity index (χ3n) is 9.04. The van der Waals surface area contributed by atoms with Gasteiger partial charge in [-0.15, -0.1) is 0 Å². The maximum Gasteiger partial charge on any atom is 0.186 e. The molecule has 3 aliphatic rings. The molecule has 0 bridgehead atoms. The largest absolute Gasteiger partial charge is 0.394 e. The molecule has 21 nitrogen and oxygen atoms in total. The molecule has 0 aromatic carbocycles. The zero-order valence-corrected chi connectivity index (χ0v) is 29.8. The number of aliphatic hydroxyl groups excluding tert-OH is 12. The highest BCUT2D eigenvalue weighted by Crippen LogP contribution is 2.25. The lowest BCUT2D eigenvalue weighted by molar-refractivity contribution is -0.301. The molecule has 0 unspecified atom stereocenters. The van der Waals surface area contributed by atoms with Crippen molar-refractivity contribution < 1.29 is 104 Å². The summed E-state index contributed by atoms with van der Waals surface area (Å²) in [7, 11) is 0. The summed E-state index contributed by atoms with van der Waals surface area (Å²) in [4.78, 5) is 0. The van der Waals surface area contributed by atoms with Crippen molar-refractivity contribution in [1.82, 2.24) is 0 Å². The summed E-state index contributed by atoms with van der Waals surface area (Å²) in [5.74, 6) is 0. The molecule has 0 aliphatic carbocycles. The van der Waals surface area contributed by atoms with Gasteiger partial charge in [-0.05, 0) is 19.3 Å². The van der Waals surface area contributed by atoms with Crippen LogP contribution in [-0.2, 0) is 42.6 Å². The lowest BCUT2D eigenvalue weighted by Gasteiger charge is -2.39. The van der Waals surface area contributed by atoms with E-state index in [9.17, 15) is 61.3 Å². The van der Waals surface area contributed by atoms with Crippen molar-refractivity contribution in [2.75, 3.05) is 79.3 Å². The first-order valence-electron chi connectivity index (χ1n) is 17.8. The summed E-state index contributed by atoms with van der Waals surface area (Å²) in [5, 5.41) is 118. The van der Waals surface area contributed by atoms with E-state index in [0.717, 1.165) is 0 Å². The fraction of sp³-hybridized carbons (Fsp3) is 1.00. The molecule has 0 radical (unpaired) electrons. The SMILES string of the molecule is CC(COCCCO[C@H]1O[C@H](CO)[C@@H](O)[C@H](O)[C@@H]1O)(COCCCO[C@@H]1O[C@@H](CO)[C@H](O)[C@@H](O)[C@H]1O)COCCCO[C@@H]1O[C@@H](CO)[C@H](O)[C@@H](O)[C@H]1O. The Morgan fingerprint density at radius 3 is 0.906 bits per heavy atom. The van der Waals surface area contributed by atoms with Crippen LogP contribution in [0.3, 0.4) is 0 Å². The molecule has 0 saturated carbocycles. The number of rotatable bonds is 24. The van der Waals surface area contributed by atoms with Gasteiger partial charge in [-0.3, -0.25) is 0 Å². The summed E-state index contributed by atoms with van der Waals surface area (Å²) in [5.41, 5.74) is -0.672. The Morgan fingerprint density at radius 1 is 0.396 bits per heavy atom. The minimum Gasteiger partial charge on any atom is -0.394 e. The molecule has 3 heterocycles. The topological polar surface area (TPSA) is 326 Å².